The van der Waals surface area contributed by atoms with Crippen molar-refractivity contribution in [2.45, 2.75) is 20.4 Å². The van der Waals surface area contributed by atoms with Crippen molar-refractivity contribution in [1.29, 1.82) is 0 Å². The van der Waals surface area contributed by atoms with Gasteiger partial charge in [0.05, 0.1) is 0 Å². The van der Waals surface area contributed by atoms with Gasteiger partial charge < -0.3 is 20.2 Å². The van der Waals surface area contributed by atoms with Gasteiger partial charge in [0.25, 0.3) is 5.91 Å². The van der Waals surface area contributed by atoms with Gasteiger partial charge in [-0.3, -0.25) is 4.79 Å². The predicted molar refractivity (Wildman–Crippen MR) is 127 cm³/mol. The molecule has 0 unspecified atom stereocenters. The van der Waals surface area contributed by atoms with Crippen LogP contribution in [0, 0.1) is 0 Å². The molecule has 0 fully saturated rings. The molecule has 0 aliphatic carbocycles. The number of carbonyl (C=O) groups excluding carboxylic acids is 1. The van der Waals surface area contributed by atoms with Crippen LogP contribution in [-0.2, 0) is 6.54 Å². The van der Waals surface area contributed by atoms with Gasteiger partial charge in [0.1, 0.15) is 5.75 Å². The largest absolute Gasteiger partial charge is 0.508 e. The summed E-state index contributed by atoms with van der Waals surface area (Å²) in [5.74, 6) is 0.199. The second-order valence-corrected chi connectivity index (χ2v) is 7.42. The van der Waals surface area contributed by atoms with Crippen LogP contribution in [0.25, 0.3) is 0 Å². The summed E-state index contributed by atoms with van der Waals surface area (Å²) in [6, 6.07) is 25.1. The first-order valence-corrected chi connectivity index (χ1v) is 10.8. The summed E-state index contributed by atoms with van der Waals surface area (Å²) in [5.41, 5.74) is 3.81. The zero-order valence-corrected chi connectivity index (χ0v) is 18.3. The number of amides is 1. The van der Waals surface area contributed by atoms with Crippen LogP contribution in [0.4, 0.5) is 11.4 Å². The first-order valence-electron chi connectivity index (χ1n) is 10.8. The van der Waals surface area contributed by atoms with Crippen LogP contribution >= 0.6 is 0 Å². The van der Waals surface area contributed by atoms with E-state index in [9.17, 15) is 9.90 Å². The van der Waals surface area contributed by atoms with Crippen LogP contribution in [-0.4, -0.2) is 42.1 Å². The van der Waals surface area contributed by atoms with Crippen molar-refractivity contribution in [3.63, 3.8) is 0 Å². The van der Waals surface area contributed by atoms with E-state index in [4.69, 9.17) is 0 Å². The quantitative estimate of drug-likeness (QED) is 0.497. The van der Waals surface area contributed by atoms with Gasteiger partial charge in [-0.05, 0) is 67.2 Å². The lowest BCUT2D eigenvalue weighted by Gasteiger charge is -2.25. The Morgan fingerprint density at radius 2 is 1.45 bits per heavy atom. The maximum absolute atomic E-state index is 12.4. The molecule has 0 aliphatic rings. The number of nitrogens with zero attached hydrogens (tertiary/aromatic N) is 2. The molecule has 0 saturated carbocycles. The minimum Gasteiger partial charge on any atom is -0.508 e. The average Bonchev–Trinajstić information content (AvgIpc) is 2.82. The van der Waals surface area contributed by atoms with Crippen LogP contribution in [0.15, 0.2) is 78.9 Å². The molecule has 0 spiro atoms. The van der Waals surface area contributed by atoms with Gasteiger partial charge in [-0.1, -0.05) is 44.2 Å². The van der Waals surface area contributed by atoms with Gasteiger partial charge in [0, 0.05) is 36.6 Å². The summed E-state index contributed by atoms with van der Waals surface area (Å²) < 4.78 is 0. The van der Waals surface area contributed by atoms with E-state index < -0.39 is 0 Å². The number of aromatic hydroxyl groups is 1. The number of hydrogen-bond donors (Lipinski definition) is 2. The molecule has 0 aliphatic heterocycles. The molecule has 5 heteroatoms. The van der Waals surface area contributed by atoms with Gasteiger partial charge in [0.15, 0.2) is 0 Å². The summed E-state index contributed by atoms with van der Waals surface area (Å²) in [4.78, 5) is 16.9. The third-order valence-corrected chi connectivity index (χ3v) is 5.39. The molecule has 5 nitrogen and oxygen atoms in total. The molecule has 0 saturated heterocycles. The number of likely N-dealkylation sites (N-methyl/N-ethyl adjacent to an activating group) is 1. The van der Waals surface area contributed by atoms with E-state index in [2.05, 4.69) is 41.1 Å². The standard InChI is InChI=1S/C26H31N3O2/c1-3-28(4-2)19-18-27-26(31)22-12-10-21(11-13-22)20-29(23-8-6-5-7-9-23)24-14-16-25(30)17-15-24/h5-17,30H,3-4,18-20H2,1-2H3,(H,27,31). The van der Waals surface area contributed by atoms with E-state index in [0.717, 1.165) is 36.6 Å². The number of nitrogens with one attached hydrogen (secondary N) is 1. The first-order chi connectivity index (χ1) is 15.1. The number of phenols is 1. The van der Waals surface area contributed by atoms with Crippen molar-refractivity contribution in [3.05, 3.63) is 90.0 Å². The SMILES string of the molecule is CCN(CC)CCNC(=O)c1ccc(CN(c2ccccc2)c2ccc(O)cc2)cc1. The average molecular weight is 418 g/mol. The first kappa shape index (κ1) is 22.4. The molecule has 3 aromatic carbocycles. The van der Waals surface area contributed by atoms with Crippen LogP contribution < -0.4 is 10.2 Å². The Kier molecular flexibility index (Phi) is 8.07. The van der Waals surface area contributed by atoms with E-state index >= 15 is 0 Å². The van der Waals surface area contributed by atoms with Crippen molar-refractivity contribution >= 4 is 17.3 Å². The molecule has 2 N–H and O–H groups in total. The Morgan fingerprint density at radius 1 is 0.839 bits per heavy atom. The third kappa shape index (κ3) is 6.33. The maximum atomic E-state index is 12.4. The fourth-order valence-electron chi connectivity index (χ4n) is 3.49. The molecule has 3 aromatic rings. The zero-order valence-electron chi connectivity index (χ0n) is 18.3. The van der Waals surface area contributed by atoms with Gasteiger partial charge in [-0.2, -0.15) is 0 Å². The molecule has 0 bridgehead atoms. The second-order valence-electron chi connectivity index (χ2n) is 7.42. The Labute approximate surface area is 184 Å². The number of para-hydroxylation sites is 1. The third-order valence-electron chi connectivity index (χ3n) is 5.39. The summed E-state index contributed by atoms with van der Waals surface area (Å²) in [6.45, 7) is 8.38. The number of anilines is 2. The monoisotopic (exact) mass is 417 g/mol. The highest BCUT2D eigenvalue weighted by molar-refractivity contribution is 5.94. The Hall–Kier alpha value is -3.31. The molecular weight excluding hydrogens is 386 g/mol. The molecule has 1 amide bonds. The lowest BCUT2D eigenvalue weighted by atomic mass is 10.1. The highest BCUT2D eigenvalue weighted by Gasteiger charge is 2.11. The molecule has 162 valence electrons. The van der Waals surface area contributed by atoms with Crippen LogP contribution in [0.1, 0.15) is 29.8 Å². The number of hydrogen-bond acceptors (Lipinski definition) is 4. The van der Waals surface area contributed by atoms with Crippen molar-refractivity contribution in [2.75, 3.05) is 31.1 Å². The fraction of sp³-hybridized carbons (Fsp3) is 0.269. The van der Waals surface area contributed by atoms with Gasteiger partial charge >= 0.3 is 0 Å². The summed E-state index contributed by atoms with van der Waals surface area (Å²) in [5, 5.41) is 12.6. The topological polar surface area (TPSA) is 55.8 Å². The molecule has 0 atom stereocenters. The van der Waals surface area contributed by atoms with E-state index in [-0.39, 0.29) is 11.7 Å². The normalized spacial score (nSPS) is 10.8. The summed E-state index contributed by atoms with van der Waals surface area (Å²) in [7, 11) is 0. The lowest BCUT2D eigenvalue weighted by molar-refractivity contribution is 0.0949. The van der Waals surface area contributed by atoms with E-state index in [1.54, 1.807) is 12.1 Å². The number of carbonyl (C=O) groups is 1. The maximum Gasteiger partial charge on any atom is 0.251 e. The van der Waals surface area contributed by atoms with Crippen LogP contribution in [0.2, 0.25) is 0 Å². The summed E-state index contributed by atoms with van der Waals surface area (Å²) in [6.07, 6.45) is 0. The Balaban J connectivity index is 1.68. The molecular formula is C26H31N3O2. The Bertz CT molecular complexity index is 937. The summed E-state index contributed by atoms with van der Waals surface area (Å²) >= 11 is 0. The number of benzene rings is 3. The van der Waals surface area contributed by atoms with Crippen molar-refractivity contribution in [3.8, 4) is 5.75 Å². The number of phenolic OH excluding ortho intramolecular Hbond substituents is 1. The van der Waals surface area contributed by atoms with Crippen molar-refractivity contribution < 1.29 is 9.90 Å². The zero-order chi connectivity index (χ0) is 22.1. The number of rotatable bonds is 10. The highest BCUT2D eigenvalue weighted by atomic mass is 16.3. The Morgan fingerprint density at radius 3 is 2.06 bits per heavy atom. The molecule has 3 rings (SSSR count). The fourth-order valence-corrected chi connectivity index (χ4v) is 3.49. The highest BCUT2D eigenvalue weighted by Crippen LogP contribution is 2.28. The van der Waals surface area contributed by atoms with Gasteiger partial charge in [-0.25, -0.2) is 0 Å². The molecule has 31 heavy (non-hydrogen) atoms. The lowest BCUT2D eigenvalue weighted by Crippen LogP contribution is -2.34. The van der Waals surface area contributed by atoms with E-state index in [0.29, 0.717) is 18.7 Å². The molecule has 0 aromatic heterocycles. The van der Waals surface area contributed by atoms with Crippen LogP contribution in [0.5, 0.6) is 5.75 Å². The molecule has 0 heterocycles. The second kappa shape index (κ2) is 11.2. The van der Waals surface area contributed by atoms with Gasteiger partial charge in [0.2, 0.25) is 0 Å². The van der Waals surface area contributed by atoms with E-state index in [1.807, 2.05) is 54.6 Å². The van der Waals surface area contributed by atoms with E-state index in [1.165, 1.54) is 0 Å². The van der Waals surface area contributed by atoms with Gasteiger partial charge in [-0.15, -0.1) is 0 Å². The minimum absolute atomic E-state index is 0.0443. The van der Waals surface area contributed by atoms with Crippen molar-refractivity contribution in [1.82, 2.24) is 10.2 Å². The smallest absolute Gasteiger partial charge is 0.251 e. The minimum atomic E-state index is -0.0443. The molecule has 0 radical (unpaired) electrons. The van der Waals surface area contributed by atoms with Crippen LogP contribution in [0.3, 0.4) is 0 Å². The predicted octanol–water partition coefficient (Wildman–Crippen LogP) is 4.80. The van der Waals surface area contributed by atoms with Crippen molar-refractivity contribution in [2.24, 2.45) is 0 Å².